The monoisotopic (exact) mass is 332 g/mol. The number of halogens is 1. The molecular weight excluding hydrogens is 316 g/mol. The minimum absolute atomic E-state index is 0.830. The van der Waals surface area contributed by atoms with Gasteiger partial charge < -0.3 is 4.74 Å². The van der Waals surface area contributed by atoms with Crippen molar-refractivity contribution in [3.8, 4) is 17.1 Å². The molecule has 0 aliphatic rings. The van der Waals surface area contributed by atoms with Gasteiger partial charge >= 0.3 is 0 Å². The molecule has 0 atom stereocenters. The Bertz CT molecular complexity index is 707. The zero-order chi connectivity index (χ0) is 14.5. The Balaban J connectivity index is 0.000000704. The molecule has 20 heavy (non-hydrogen) atoms. The molecule has 0 spiro atoms. The number of pyridine rings is 1. The number of aromatic nitrogens is 2. The van der Waals surface area contributed by atoms with E-state index in [2.05, 4.69) is 25.3 Å². The molecule has 4 heteroatoms. The Morgan fingerprint density at radius 1 is 1.10 bits per heavy atom. The molecule has 0 N–H and O–H groups in total. The lowest BCUT2D eigenvalue weighted by Gasteiger charge is -2.03. The predicted molar refractivity (Wildman–Crippen MR) is 86.2 cm³/mol. The van der Waals surface area contributed by atoms with E-state index < -0.39 is 0 Å². The van der Waals surface area contributed by atoms with E-state index in [-0.39, 0.29) is 0 Å². The fraction of sp³-hybridized carbons (Fsp3) is 0.188. The highest BCUT2D eigenvalue weighted by atomic mass is 79.9. The van der Waals surface area contributed by atoms with Crippen LogP contribution in [0.5, 0.6) is 5.75 Å². The highest BCUT2D eigenvalue weighted by Gasteiger charge is 2.10. The average Bonchev–Trinajstić information content (AvgIpc) is 2.87. The molecule has 0 unspecified atom stereocenters. The number of imidazole rings is 1. The van der Waals surface area contributed by atoms with E-state index in [0.29, 0.717) is 0 Å². The second kappa shape index (κ2) is 6.57. The van der Waals surface area contributed by atoms with Crippen LogP contribution in [-0.2, 0) is 0 Å². The van der Waals surface area contributed by atoms with E-state index in [4.69, 9.17) is 4.74 Å². The van der Waals surface area contributed by atoms with Crippen LogP contribution in [0.1, 0.15) is 13.8 Å². The van der Waals surface area contributed by atoms with Crippen molar-refractivity contribution in [2.75, 3.05) is 7.11 Å². The summed E-state index contributed by atoms with van der Waals surface area (Å²) in [5, 5.41) is 0. The van der Waals surface area contributed by atoms with Crippen LogP contribution in [0.3, 0.4) is 0 Å². The van der Waals surface area contributed by atoms with Crippen LogP contribution in [-0.4, -0.2) is 16.5 Å². The fourth-order valence-electron chi connectivity index (χ4n) is 1.97. The van der Waals surface area contributed by atoms with Crippen molar-refractivity contribution >= 4 is 21.4 Å². The van der Waals surface area contributed by atoms with Crippen LogP contribution in [0.15, 0.2) is 53.3 Å². The highest BCUT2D eigenvalue weighted by molar-refractivity contribution is 9.10. The van der Waals surface area contributed by atoms with E-state index >= 15 is 0 Å². The fourth-order valence-corrected chi connectivity index (χ4v) is 2.46. The molecule has 2 heterocycles. The van der Waals surface area contributed by atoms with Crippen LogP contribution >= 0.6 is 15.9 Å². The van der Waals surface area contributed by atoms with E-state index in [1.165, 1.54) is 0 Å². The summed E-state index contributed by atoms with van der Waals surface area (Å²) in [6.45, 7) is 4.00. The van der Waals surface area contributed by atoms with Crippen LogP contribution in [0.4, 0.5) is 0 Å². The third-order valence-corrected chi connectivity index (χ3v) is 3.41. The quantitative estimate of drug-likeness (QED) is 0.673. The number of fused-ring (bicyclic) bond motifs is 1. The Kier molecular flexibility index (Phi) is 4.79. The lowest BCUT2D eigenvalue weighted by Crippen LogP contribution is -1.89. The lowest BCUT2D eigenvalue weighted by molar-refractivity contribution is 0.415. The molecule has 0 fully saturated rings. The summed E-state index contributed by atoms with van der Waals surface area (Å²) in [4.78, 5) is 4.56. The lowest BCUT2D eigenvalue weighted by atomic mass is 10.2. The van der Waals surface area contributed by atoms with Crippen molar-refractivity contribution in [3.05, 3.63) is 53.3 Å². The van der Waals surface area contributed by atoms with Gasteiger partial charge in [-0.05, 0) is 40.2 Å². The number of benzene rings is 1. The topological polar surface area (TPSA) is 26.5 Å². The number of ether oxygens (including phenoxy) is 1. The minimum Gasteiger partial charge on any atom is -0.497 e. The maximum absolute atomic E-state index is 5.25. The smallest absolute Gasteiger partial charge is 0.146 e. The van der Waals surface area contributed by atoms with Crippen molar-refractivity contribution in [1.29, 1.82) is 0 Å². The van der Waals surface area contributed by atoms with Crippen molar-refractivity contribution in [3.63, 3.8) is 0 Å². The predicted octanol–water partition coefficient (Wildman–Crippen LogP) is 4.80. The number of methoxy groups -OCH3 is 1. The van der Waals surface area contributed by atoms with Crippen LogP contribution in [0.2, 0.25) is 0 Å². The van der Waals surface area contributed by atoms with Gasteiger partial charge in [-0.15, -0.1) is 0 Å². The molecule has 3 nitrogen and oxygen atoms in total. The number of nitrogens with zero attached hydrogens (tertiary/aromatic N) is 2. The van der Waals surface area contributed by atoms with Gasteiger partial charge in [0.25, 0.3) is 0 Å². The molecule has 3 aromatic rings. The Morgan fingerprint density at radius 2 is 1.90 bits per heavy atom. The summed E-state index contributed by atoms with van der Waals surface area (Å²) in [5.74, 6) is 1.73. The van der Waals surface area contributed by atoms with Gasteiger partial charge in [0.15, 0.2) is 0 Å². The van der Waals surface area contributed by atoms with Crippen molar-refractivity contribution in [2.45, 2.75) is 13.8 Å². The minimum atomic E-state index is 0.830. The van der Waals surface area contributed by atoms with Crippen LogP contribution < -0.4 is 4.74 Å². The standard InChI is InChI=1S/C14H11BrN2O.C2H6/c1-18-11-6-4-5-10(9-11)14-16-13(15)12-7-2-3-8-17(12)14;1-2/h2-9H,1H3;1-2H3. The van der Waals surface area contributed by atoms with Crippen molar-refractivity contribution in [2.24, 2.45) is 0 Å². The third kappa shape index (κ3) is 2.70. The maximum Gasteiger partial charge on any atom is 0.146 e. The van der Waals surface area contributed by atoms with E-state index in [1.807, 2.05) is 62.5 Å². The molecule has 0 bridgehead atoms. The first kappa shape index (κ1) is 14.6. The van der Waals surface area contributed by atoms with Gasteiger partial charge in [-0.25, -0.2) is 4.98 Å². The van der Waals surface area contributed by atoms with E-state index in [1.54, 1.807) is 7.11 Å². The average molecular weight is 333 g/mol. The van der Waals surface area contributed by atoms with Gasteiger partial charge in [0, 0.05) is 11.8 Å². The molecular formula is C16H17BrN2O. The molecule has 104 valence electrons. The Labute approximate surface area is 127 Å². The van der Waals surface area contributed by atoms with E-state index in [9.17, 15) is 0 Å². The molecule has 0 saturated heterocycles. The first-order valence-electron chi connectivity index (χ1n) is 6.56. The normalized spacial score (nSPS) is 10.0. The number of hydrogen-bond acceptors (Lipinski definition) is 2. The molecule has 0 aliphatic heterocycles. The van der Waals surface area contributed by atoms with Gasteiger partial charge in [0.1, 0.15) is 16.2 Å². The van der Waals surface area contributed by atoms with Gasteiger partial charge in [0.2, 0.25) is 0 Å². The van der Waals surface area contributed by atoms with Crippen molar-refractivity contribution < 1.29 is 4.74 Å². The molecule has 3 rings (SSSR count). The summed E-state index contributed by atoms with van der Waals surface area (Å²) >= 11 is 3.49. The SMILES string of the molecule is CC.COc1cccc(-c2nc(Br)c3ccccn23)c1. The molecule has 0 aliphatic carbocycles. The molecule has 0 radical (unpaired) electrons. The second-order valence-electron chi connectivity index (χ2n) is 3.91. The summed E-state index contributed by atoms with van der Waals surface area (Å²) in [6.07, 6.45) is 2.00. The highest BCUT2D eigenvalue weighted by Crippen LogP contribution is 2.27. The molecule has 0 saturated carbocycles. The van der Waals surface area contributed by atoms with E-state index in [0.717, 1.165) is 27.3 Å². The van der Waals surface area contributed by atoms with Crippen molar-refractivity contribution in [1.82, 2.24) is 9.38 Å². The molecule has 2 aromatic heterocycles. The zero-order valence-electron chi connectivity index (χ0n) is 11.8. The Morgan fingerprint density at radius 3 is 2.65 bits per heavy atom. The number of hydrogen-bond donors (Lipinski definition) is 0. The molecule has 0 amide bonds. The van der Waals surface area contributed by atoms with Crippen LogP contribution in [0, 0.1) is 0 Å². The molecule has 1 aromatic carbocycles. The summed E-state index contributed by atoms with van der Waals surface area (Å²) < 4.78 is 8.15. The Hall–Kier alpha value is -1.81. The summed E-state index contributed by atoms with van der Waals surface area (Å²) in [5.41, 5.74) is 2.08. The summed E-state index contributed by atoms with van der Waals surface area (Å²) in [6, 6.07) is 13.9. The van der Waals surface area contributed by atoms with Gasteiger partial charge in [-0.2, -0.15) is 0 Å². The first-order chi connectivity index (χ1) is 9.79. The second-order valence-corrected chi connectivity index (χ2v) is 4.67. The van der Waals surface area contributed by atoms with Gasteiger partial charge in [0.05, 0.1) is 12.6 Å². The first-order valence-corrected chi connectivity index (χ1v) is 7.36. The summed E-state index contributed by atoms with van der Waals surface area (Å²) in [7, 11) is 1.67. The zero-order valence-corrected chi connectivity index (χ0v) is 13.4. The third-order valence-electron chi connectivity index (χ3n) is 2.83. The van der Waals surface area contributed by atoms with Crippen LogP contribution in [0.25, 0.3) is 16.9 Å². The number of rotatable bonds is 2. The largest absolute Gasteiger partial charge is 0.497 e. The maximum atomic E-state index is 5.25. The van der Waals surface area contributed by atoms with Gasteiger partial charge in [-0.3, -0.25) is 4.40 Å². The van der Waals surface area contributed by atoms with Gasteiger partial charge in [-0.1, -0.05) is 32.0 Å².